The average molecular weight is 473 g/mol. The molecule has 0 radical (unpaired) electrons. The Morgan fingerprint density at radius 1 is 0.618 bits per heavy atom. The summed E-state index contributed by atoms with van der Waals surface area (Å²) in [5.74, 6) is -0.788. The molecule has 0 aliphatic heterocycles. The van der Waals surface area contributed by atoms with Crippen molar-refractivity contribution in [3.8, 4) is 23.0 Å². The van der Waals surface area contributed by atoms with E-state index >= 15 is 0 Å². The number of ether oxygens (including phenoxy) is 6. The fourth-order valence-electron chi connectivity index (χ4n) is 4.76. The Bertz CT molecular complexity index is 936. The summed E-state index contributed by atoms with van der Waals surface area (Å²) in [6, 6.07) is 11.0. The molecule has 0 saturated heterocycles. The van der Waals surface area contributed by atoms with E-state index in [0.717, 1.165) is 11.1 Å². The first kappa shape index (κ1) is 25.2. The van der Waals surface area contributed by atoms with Crippen LogP contribution in [0.1, 0.15) is 36.8 Å². The largest absolute Gasteiger partial charge is 0.493 e. The molecule has 0 unspecified atom stereocenters. The van der Waals surface area contributed by atoms with Crippen molar-refractivity contribution < 1.29 is 38.0 Å². The van der Waals surface area contributed by atoms with Crippen LogP contribution in [0.5, 0.6) is 23.0 Å². The monoisotopic (exact) mass is 472 g/mol. The highest BCUT2D eigenvalue weighted by molar-refractivity contribution is 5.87. The third-order valence-corrected chi connectivity index (χ3v) is 6.25. The zero-order valence-electron chi connectivity index (χ0n) is 20.5. The summed E-state index contributed by atoms with van der Waals surface area (Å²) in [6.07, 6.45) is 0. The molecule has 1 aliphatic carbocycles. The fourth-order valence-corrected chi connectivity index (χ4v) is 4.76. The standard InChI is InChI=1S/C26H32O8/c1-7-33-25(27)23-21(15-9-11-17(29-3)19(13-15)31-5)22(24(23)26(28)34-8-2)16-10-12-18(30-4)20(14-16)32-6/h9-14,21-24H,7-8H2,1-6H3/t21-,22+,23+,24-. The molecule has 3 rings (SSSR count). The summed E-state index contributed by atoms with van der Waals surface area (Å²) in [7, 11) is 6.23. The second kappa shape index (κ2) is 11.1. The van der Waals surface area contributed by atoms with E-state index in [1.54, 1.807) is 54.4 Å². The predicted octanol–water partition coefficient (Wildman–Crippen LogP) is 3.96. The lowest BCUT2D eigenvalue weighted by atomic mass is 9.52. The normalized spacial score (nSPS) is 21.1. The number of hydrogen-bond acceptors (Lipinski definition) is 8. The van der Waals surface area contributed by atoms with Gasteiger partial charge in [-0.05, 0) is 49.2 Å². The smallest absolute Gasteiger partial charge is 0.310 e. The maximum Gasteiger partial charge on any atom is 0.310 e. The summed E-state index contributed by atoms with van der Waals surface area (Å²) in [5.41, 5.74) is 1.66. The minimum absolute atomic E-state index is 0.213. The van der Waals surface area contributed by atoms with E-state index in [2.05, 4.69) is 0 Å². The molecule has 8 heteroatoms. The lowest BCUT2D eigenvalue weighted by Crippen LogP contribution is -2.52. The predicted molar refractivity (Wildman–Crippen MR) is 125 cm³/mol. The van der Waals surface area contributed by atoms with Crippen molar-refractivity contribution in [1.29, 1.82) is 0 Å². The Labute approximate surface area is 200 Å². The van der Waals surface area contributed by atoms with Crippen LogP contribution in [0.4, 0.5) is 0 Å². The molecule has 2 aromatic rings. The van der Waals surface area contributed by atoms with Crippen molar-refractivity contribution in [2.75, 3.05) is 41.7 Å². The van der Waals surface area contributed by atoms with Gasteiger partial charge in [-0.15, -0.1) is 0 Å². The number of hydrogen-bond donors (Lipinski definition) is 0. The maximum atomic E-state index is 13.1. The van der Waals surface area contributed by atoms with Gasteiger partial charge >= 0.3 is 11.9 Å². The van der Waals surface area contributed by atoms with Crippen molar-refractivity contribution in [2.45, 2.75) is 25.7 Å². The first-order valence-electron chi connectivity index (χ1n) is 11.2. The number of carbonyl (C=O) groups excluding carboxylic acids is 2. The van der Waals surface area contributed by atoms with Crippen LogP contribution in [0.3, 0.4) is 0 Å². The van der Waals surface area contributed by atoms with Gasteiger partial charge < -0.3 is 28.4 Å². The molecule has 0 spiro atoms. The average Bonchev–Trinajstić information content (AvgIpc) is 2.83. The molecular weight excluding hydrogens is 440 g/mol. The third kappa shape index (κ3) is 4.62. The molecular formula is C26H32O8. The quantitative estimate of drug-likeness (QED) is 0.480. The minimum atomic E-state index is -0.713. The molecule has 0 heterocycles. The van der Waals surface area contributed by atoms with Crippen LogP contribution in [0.2, 0.25) is 0 Å². The van der Waals surface area contributed by atoms with Gasteiger partial charge in [0.05, 0.1) is 53.5 Å². The van der Waals surface area contributed by atoms with Crippen molar-refractivity contribution in [2.24, 2.45) is 11.8 Å². The Hall–Kier alpha value is -3.42. The molecule has 1 fully saturated rings. The van der Waals surface area contributed by atoms with Gasteiger partial charge in [0.1, 0.15) is 0 Å². The van der Waals surface area contributed by atoms with E-state index in [4.69, 9.17) is 28.4 Å². The molecule has 34 heavy (non-hydrogen) atoms. The van der Waals surface area contributed by atoms with Gasteiger partial charge in [-0.2, -0.15) is 0 Å². The lowest BCUT2D eigenvalue weighted by Gasteiger charge is -2.49. The first-order chi connectivity index (χ1) is 16.4. The van der Waals surface area contributed by atoms with Gasteiger partial charge in [0.15, 0.2) is 23.0 Å². The Morgan fingerprint density at radius 2 is 0.971 bits per heavy atom. The molecule has 4 atom stereocenters. The molecule has 0 bridgehead atoms. The molecule has 1 aliphatic rings. The zero-order valence-corrected chi connectivity index (χ0v) is 20.5. The summed E-state index contributed by atoms with van der Waals surface area (Å²) >= 11 is 0. The van der Waals surface area contributed by atoms with Gasteiger partial charge in [-0.25, -0.2) is 0 Å². The summed E-state index contributed by atoms with van der Waals surface area (Å²) in [5, 5.41) is 0. The van der Waals surface area contributed by atoms with Crippen LogP contribution < -0.4 is 18.9 Å². The lowest BCUT2D eigenvalue weighted by molar-refractivity contribution is -0.171. The topological polar surface area (TPSA) is 89.5 Å². The van der Waals surface area contributed by atoms with Crippen LogP contribution in [-0.4, -0.2) is 53.6 Å². The van der Waals surface area contributed by atoms with E-state index in [1.165, 1.54) is 0 Å². The highest BCUT2D eigenvalue weighted by Crippen LogP contribution is 2.59. The van der Waals surface area contributed by atoms with Gasteiger partial charge in [-0.3, -0.25) is 9.59 Å². The van der Waals surface area contributed by atoms with Gasteiger partial charge in [0.25, 0.3) is 0 Å². The zero-order chi connectivity index (χ0) is 24.8. The van der Waals surface area contributed by atoms with E-state index in [0.29, 0.717) is 23.0 Å². The molecule has 1 saturated carbocycles. The number of carbonyl (C=O) groups is 2. The summed E-state index contributed by atoms with van der Waals surface area (Å²) in [6.45, 7) is 3.91. The Morgan fingerprint density at radius 3 is 1.26 bits per heavy atom. The van der Waals surface area contributed by atoms with Crippen LogP contribution in [0, 0.1) is 11.8 Å². The second-order valence-corrected chi connectivity index (χ2v) is 7.84. The number of benzene rings is 2. The van der Waals surface area contributed by atoms with Crippen molar-refractivity contribution in [1.82, 2.24) is 0 Å². The Kier molecular flexibility index (Phi) is 8.26. The number of rotatable bonds is 10. The molecule has 0 aromatic heterocycles. The molecule has 8 nitrogen and oxygen atoms in total. The van der Waals surface area contributed by atoms with Crippen LogP contribution >= 0.6 is 0 Å². The highest BCUT2D eigenvalue weighted by Gasteiger charge is 2.60. The van der Waals surface area contributed by atoms with Crippen molar-refractivity contribution in [3.05, 3.63) is 47.5 Å². The molecule has 184 valence electrons. The highest BCUT2D eigenvalue weighted by atomic mass is 16.5. The van der Waals surface area contributed by atoms with Gasteiger partial charge in [-0.1, -0.05) is 12.1 Å². The number of esters is 2. The van der Waals surface area contributed by atoms with Crippen molar-refractivity contribution in [3.63, 3.8) is 0 Å². The third-order valence-electron chi connectivity index (χ3n) is 6.25. The molecule has 0 amide bonds. The Balaban J connectivity index is 2.16. The van der Waals surface area contributed by atoms with Crippen LogP contribution in [0.25, 0.3) is 0 Å². The van der Waals surface area contributed by atoms with E-state index < -0.39 is 23.8 Å². The minimum Gasteiger partial charge on any atom is -0.493 e. The summed E-state index contributed by atoms with van der Waals surface area (Å²) < 4.78 is 32.5. The van der Waals surface area contributed by atoms with Gasteiger partial charge in [0.2, 0.25) is 0 Å². The van der Waals surface area contributed by atoms with Crippen LogP contribution in [-0.2, 0) is 19.1 Å². The van der Waals surface area contributed by atoms with Gasteiger partial charge in [0, 0.05) is 11.8 Å². The van der Waals surface area contributed by atoms with E-state index in [9.17, 15) is 9.59 Å². The maximum absolute atomic E-state index is 13.1. The first-order valence-corrected chi connectivity index (χ1v) is 11.2. The molecule has 0 N–H and O–H groups in total. The fraction of sp³-hybridized carbons (Fsp3) is 0.462. The van der Waals surface area contributed by atoms with Crippen LogP contribution in [0.15, 0.2) is 36.4 Å². The van der Waals surface area contributed by atoms with Crippen molar-refractivity contribution >= 4 is 11.9 Å². The summed E-state index contributed by atoms with van der Waals surface area (Å²) in [4.78, 5) is 26.2. The second-order valence-electron chi connectivity index (χ2n) is 7.84. The number of methoxy groups -OCH3 is 4. The van der Waals surface area contributed by atoms with E-state index in [-0.39, 0.29) is 25.0 Å². The molecule has 2 aromatic carbocycles. The van der Waals surface area contributed by atoms with E-state index in [1.807, 2.05) is 24.3 Å². The SMILES string of the molecule is CCOC(=O)[C@@H]1[C@H](C(=O)OCC)[C@@H](c2ccc(OC)c(OC)c2)[C@H]1c1ccc(OC)c(OC)c1.